The van der Waals surface area contributed by atoms with Crippen molar-refractivity contribution in [2.45, 2.75) is 18.6 Å². The second kappa shape index (κ2) is 5.89. The van der Waals surface area contributed by atoms with Gasteiger partial charge in [-0.1, -0.05) is 0 Å². The maximum atomic E-state index is 9.87. The molecule has 0 aliphatic rings. The SMILES string of the molecule is COc1ncc(N)cc1C(O)C(O)CCCl. The summed E-state index contributed by atoms with van der Waals surface area (Å²) in [6, 6.07) is 1.52. The minimum atomic E-state index is -1.11. The van der Waals surface area contributed by atoms with Gasteiger partial charge >= 0.3 is 0 Å². The summed E-state index contributed by atoms with van der Waals surface area (Å²) in [5.74, 6) is 0.506. The summed E-state index contributed by atoms with van der Waals surface area (Å²) in [7, 11) is 1.43. The van der Waals surface area contributed by atoms with Crippen LogP contribution in [0.15, 0.2) is 12.3 Å². The number of hydrogen-bond donors (Lipinski definition) is 3. The molecule has 5 nitrogen and oxygen atoms in total. The molecule has 6 heteroatoms. The van der Waals surface area contributed by atoms with Crippen molar-refractivity contribution in [2.75, 3.05) is 18.7 Å². The molecule has 16 heavy (non-hydrogen) atoms. The third-order valence-electron chi connectivity index (χ3n) is 2.18. The van der Waals surface area contributed by atoms with Crippen LogP contribution in [0.4, 0.5) is 5.69 Å². The Morgan fingerprint density at radius 2 is 2.25 bits per heavy atom. The lowest BCUT2D eigenvalue weighted by Crippen LogP contribution is -2.19. The number of ether oxygens (including phenoxy) is 1. The number of anilines is 1. The monoisotopic (exact) mass is 246 g/mol. The third-order valence-corrected chi connectivity index (χ3v) is 2.40. The van der Waals surface area contributed by atoms with Gasteiger partial charge < -0.3 is 20.7 Å². The molecule has 1 aromatic heterocycles. The number of alkyl halides is 1. The highest BCUT2D eigenvalue weighted by molar-refractivity contribution is 6.17. The number of aliphatic hydroxyl groups excluding tert-OH is 2. The van der Waals surface area contributed by atoms with Gasteiger partial charge in [-0.3, -0.25) is 0 Å². The molecule has 0 saturated carbocycles. The number of aromatic nitrogens is 1. The van der Waals surface area contributed by atoms with Crippen molar-refractivity contribution in [3.63, 3.8) is 0 Å². The molecule has 0 radical (unpaired) electrons. The Hall–Kier alpha value is -1.04. The molecule has 4 N–H and O–H groups in total. The van der Waals surface area contributed by atoms with Crippen LogP contribution in [0.5, 0.6) is 5.88 Å². The Bertz CT molecular complexity index is 349. The standard InChI is InChI=1S/C10H15ClN2O3/c1-16-10-7(4-6(12)5-13-10)9(15)8(14)2-3-11/h4-5,8-9,14-15H,2-3,12H2,1H3. The van der Waals surface area contributed by atoms with Crippen molar-refractivity contribution in [1.82, 2.24) is 4.98 Å². The van der Waals surface area contributed by atoms with Crippen molar-refractivity contribution in [1.29, 1.82) is 0 Å². The Balaban J connectivity index is 2.96. The number of aliphatic hydroxyl groups is 2. The second-order valence-electron chi connectivity index (χ2n) is 3.36. The largest absolute Gasteiger partial charge is 0.481 e. The molecule has 90 valence electrons. The van der Waals surface area contributed by atoms with Gasteiger partial charge in [-0.05, 0) is 12.5 Å². The first-order valence-corrected chi connectivity index (χ1v) is 5.35. The van der Waals surface area contributed by atoms with Crippen LogP contribution in [-0.2, 0) is 0 Å². The topological polar surface area (TPSA) is 88.6 Å². The van der Waals surface area contributed by atoms with Crippen molar-refractivity contribution in [3.05, 3.63) is 17.8 Å². The molecule has 0 aliphatic carbocycles. The number of rotatable bonds is 5. The highest BCUT2D eigenvalue weighted by Crippen LogP contribution is 2.28. The van der Waals surface area contributed by atoms with Gasteiger partial charge in [0.05, 0.1) is 25.1 Å². The van der Waals surface area contributed by atoms with Crippen LogP contribution in [0.3, 0.4) is 0 Å². The predicted molar refractivity (Wildman–Crippen MR) is 61.5 cm³/mol. The van der Waals surface area contributed by atoms with E-state index in [-0.39, 0.29) is 18.2 Å². The molecular weight excluding hydrogens is 232 g/mol. The zero-order valence-electron chi connectivity index (χ0n) is 8.93. The summed E-state index contributed by atoms with van der Waals surface area (Å²) in [5.41, 5.74) is 6.31. The van der Waals surface area contributed by atoms with Crippen LogP contribution in [0, 0.1) is 0 Å². The summed E-state index contributed by atoms with van der Waals surface area (Å²) in [4.78, 5) is 3.91. The fourth-order valence-electron chi connectivity index (χ4n) is 1.35. The van der Waals surface area contributed by atoms with Gasteiger partial charge in [-0.15, -0.1) is 11.6 Å². The zero-order chi connectivity index (χ0) is 12.1. The first kappa shape index (κ1) is 13.0. The van der Waals surface area contributed by atoms with E-state index in [0.717, 1.165) is 0 Å². The van der Waals surface area contributed by atoms with Crippen molar-refractivity contribution in [3.8, 4) is 5.88 Å². The molecule has 0 aliphatic heterocycles. The Labute approximate surface area is 98.8 Å². The van der Waals surface area contributed by atoms with E-state index in [1.54, 1.807) is 0 Å². The lowest BCUT2D eigenvalue weighted by molar-refractivity contribution is 0.0153. The molecule has 0 bridgehead atoms. The summed E-state index contributed by atoms with van der Waals surface area (Å²) in [5, 5.41) is 19.5. The smallest absolute Gasteiger partial charge is 0.219 e. The average molecular weight is 247 g/mol. The van der Waals surface area contributed by atoms with Crippen LogP contribution in [0.1, 0.15) is 18.1 Å². The Morgan fingerprint density at radius 3 is 2.81 bits per heavy atom. The van der Waals surface area contributed by atoms with Gasteiger partial charge in [0.1, 0.15) is 6.10 Å². The molecule has 2 atom stereocenters. The second-order valence-corrected chi connectivity index (χ2v) is 3.73. The highest BCUT2D eigenvalue weighted by atomic mass is 35.5. The molecule has 0 amide bonds. The Morgan fingerprint density at radius 1 is 1.56 bits per heavy atom. The van der Waals surface area contributed by atoms with E-state index in [0.29, 0.717) is 11.3 Å². The molecule has 0 fully saturated rings. The van der Waals surface area contributed by atoms with E-state index in [1.807, 2.05) is 0 Å². The molecule has 0 spiro atoms. The van der Waals surface area contributed by atoms with E-state index in [2.05, 4.69) is 4.98 Å². The van der Waals surface area contributed by atoms with Gasteiger partial charge in [0.25, 0.3) is 0 Å². The number of methoxy groups -OCH3 is 1. The van der Waals surface area contributed by atoms with Gasteiger partial charge in [0.15, 0.2) is 0 Å². The average Bonchev–Trinajstić information content (AvgIpc) is 2.28. The molecule has 2 unspecified atom stereocenters. The quantitative estimate of drug-likeness (QED) is 0.666. The van der Waals surface area contributed by atoms with E-state index in [1.165, 1.54) is 19.4 Å². The van der Waals surface area contributed by atoms with E-state index in [4.69, 9.17) is 22.1 Å². The van der Waals surface area contributed by atoms with Crippen LogP contribution in [-0.4, -0.2) is 34.3 Å². The minimum Gasteiger partial charge on any atom is -0.481 e. The number of pyridine rings is 1. The summed E-state index contributed by atoms with van der Waals surface area (Å²) < 4.78 is 4.98. The van der Waals surface area contributed by atoms with E-state index < -0.39 is 12.2 Å². The summed E-state index contributed by atoms with van der Waals surface area (Å²) >= 11 is 5.49. The van der Waals surface area contributed by atoms with Crippen molar-refractivity contribution in [2.24, 2.45) is 0 Å². The summed E-state index contributed by atoms with van der Waals surface area (Å²) in [6.45, 7) is 0. The van der Waals surface area contributed by atoms with Gasteiger partial charge in [0.2, 0.25) is 5.88 Å². The molecule has 0 aromatic carbocycles. The number of halogens is 1. The van der Waals surface area contributed by atoms with Crippen LogP contribution in [0.2, 0.25) is 0 Å². The predicted octanol–water partition coefficient (Wildman–Crippen LogP) is 0.696. The number of nitrogen functional groups attached to an aromatic ring is 1. The maximum Gasteiger partial charge on any atom is 0.219 e. The first-order valence-electron chi connectivity index (χ1n) is 4.81. The van der Waals surface area contributed by atoms with Crippen LogP contribution >= 0.6 is 11.6 Å². The fraction of sp³-hybridized carbons (Fsp3) is 0.500. The highest BCUT2D eigenvalue weighted by Gasteiger charge is 2.22. The normalized spacial score (nSPS) is 14.5. The van der Waals surface area contributed by atoms with Crippen LogP contribution in [0.25, 0.3) is 0 Å². The molecule has 1 rings (SSSR count). The maximum absolute atomic E-state index is 9.87. The number of nitrogens with two attached hydrogens (primary N) is 1. The Kier molecular flexibility index (Phi) is 4.79. The first-order chi connectivity index (χ1) is 7.60. The third kappa shape index (κ3) is 2.98. The van der Waals surface area contributed by atoms with Gasteiger partial charge in [-0.25, -0.2) is 4.98 Å². The van der Waals surface area contributed by atoms with E-state index in [9.17, 15) is 10.2 Å². The minimum absolute atomic E-state index is 0.246. The number of hydrogen-bond acceptors (Lipinski definition) is 5. The van der Waals surface area contributed by atoms with Gasteiger partial charge in [-0.2, -0.15) is 0 Å². The van der Waals surface area contributed by atoms with Crippen molar-refractivity contribution < 1.29 is 14.9 Å². The van der Waals surface area contributed by atoms with Crippen molar-refractivity contribution >= 4 is 17.3 Å². The lowest BCUT2D eigenvalue weighted by Gasteiger charge is -2.19. The molecule has 1 heterocycles. The fourth-order valence-corrected chi connectivity index (χ4v) is 1.57. The van der Waals surface area contributed by atoms with Crippen LogP contribution < -0.4 is 10.5 Å². The van der Waals surface area contributed by atoms with E-state index >= 15 is 0 Å². The zero-order valence-corrected chi connectivity index (χ0v) is 9.68. The number of nitrogens with zero attached hydrogens (tertiary/aromatic N) is 1. The summed E-state index contributed by atoms with van der Waals surface area (Å²) in [6.07, 6.45) is -0.372. The molecule has 1 aromatic rings. The van der Waals surface area contributed by atoms with Gasteiger partial charge in [0, 0.05) is 11.4 Å². The lowest BCUT2D eigenvalue weighted by atomic mass is 10.0. The molecule has 0 saturated heterocycles. The molecular formula is C10H15ClN2O3.